The summed E-state index contributed by atoms with van der Waals surface area (Å²) >= 11 is 0. The number of imidazole rings is 1. The number of fused-ring (bicyclic) bond motifs is 1. The Morgan fingerprint density at radius 3 is 2.81 bits per heavy atom. The van der Waals surface area contributed by atoms with Crippen molar-refractivity contribution in [3.63, 3.8) is 0 Å². The molecule has 1 aliphatic rings. The molecule has 0 bridgehead atoms. The van der Waals surface area contributed by atoms with Crippen molar-refractivity contribution < 1.29 is 20.1 Å². The van der Waals surface area contributed by atoms with E-state index in [2.05, 4.69) is 15.0 Å². The van der Waals surface area contributed by atoms with Gasteiger partial charge in [-0.1, -0.05) is 0 Å². The van der Waals surface area contributed by atoms with E-state index in [1.165, 1.54) is 6.33 Å². The first-order chi connectivity index (χ1) is 10.1. The highest BCUT2D eigenvalue weighted by atomic mass is 16.5. The zero-order valence-electron chi connectivity index (χ0n) is 11.5. The molecule has 0 amide bonds. The van der Waals surface area contributed by atoms with Crippen LogP contribution in [0.15, 0.2) is 17.4 Å². The third-order valence-electron chi connectivity index (χ3n) is 3.24. The first-order valence-electron chi connectivity index (χ1n) is 6.54. The van der Waals surface area contributed by atoms with Crippen LogP contribution in [0.25, 0.3) is 11.2 Å². The minimum atomic E-state index is -0.750. The fraction of sp³-hybridized carbons (Fsp3) is 0.583. The summed E-state index contributed by atoms with van der Waals surface area (Å²) in [6.45, 7) is 0.960. The van der Waals surface area contributed by atoms with E-state index in [0.717, 1.165) is 12.8 Å². The van der Waals surface area contributed by atoms with E-state index >= 15 is 0 Å². The molecule has 116 valence electrons. The number of aromatic nitrogens is 4. The molecule has 3 atom stereocenters. The van der Waals surface area contributed by atoms with Gasteiger partial charge in [0.25, 0.3) is 5.56 Å². The molecule has 0 radical (unpaired) electrons. The van der Waals surface area contributed by atoms with Crippen LogP contribution in [0.3, 0.4) is 0 Å². The molecule has 1 saturated heterocycles. The molecule has 2 aromatic rings. The maximum Gasteiger partial charge on any atom is 0.278 e. The topological polar surface area (TPSA) is 133 Å². The van der Waals surface area contributed by atoms with Crippen LogP contribution >= 0.6 is 0 Å². The van der Waals surface area contributed by atoms with Crippen molar-refractivity contribution in [3.05, 3.63) is 23.0 Å². The van der Waals surface area contributed by atoms with Crippen LogP contribution in [0.1, 0.15) is 26.0 Å². The molecule has 21 heavy (non-hydrogen) atoms. The Kier molecular flexibility index (Phi) is 5.02. The Labute approximate surface area is 119 Å². The molecule has 3 rings (SSSR count). The summed E-state index contributed by atoms with van der Waals surface area (Å²) in [6.07, 6.45) is 3.58. The molecule has 3 unspecified atom stereocenters. The van der Waals surface area contributed by atoms with Crippen molar-refractivity contribution in [2.45, 2.75) is 38.2 Å². The standard InChI is InChI=1S/C11H14N4O3.CH4O2/c1-6(16)7-2-3-8(18-7)15-5-14-9-10(15)12-4-13-11(9)17;2-1-3/h4-8,16H,2-3H2,1H3,(H,12,13,17);2-3H,1H2. The number of hydrogen-bond acceptors (Lipinski definition) is 7. The number of nitrogens with one attached hydrogen (secondary N) is 1. The predicted octanol–water partition coefficient (Wildman–Crippen LogP) is -0.893. The van der Waals surface area contributed by atoms with Gasteiger partial charge in [0, 0.05) is 0 Å². The van der Waals surface area contributed by atoms with Gasteiger partial charge in [-0.15, -0.1) is 0 Å². The normalized spacial score (nSPS) is 22.9. The van der Waals surface area contributed by atoms with E-state index in [1.807, 2.05) is 0 Å². The summed E-state index contributed by atoms with van der Waals surface area (Å²) < 4.78 is 7.48. The predicted molar refractivity (Wildman–Crippen MR) is 72.3 cm³/mol. The van der Waals surface area contributed by atoms with Gasteiger partial charge in [-0.25, -0.2) is 9.97 Å². The quantitative estimate of drug-likeness (QED) is 0.528. The van der Waals surface area contributed by atoms with Crippen molar-refractivity contribution in [3.8, 4) is 0 Å². The van der Waals surface area contributed by atoms with Gasteiger partial charge in [0.15, 0.2) is 11.2 Å². The third kappa shape index (κ3) is 3.27. The summed E-state index contributed by atoms with van der Waals surface area (Å²) in [6, 6.07) is 0. The lowest BCUT2D eigenvalue weighted by Gasteiger charge is -2.16. The van der Waals surface area contributed by atoms with E-state index < -0.39 is 12.9 Å². The van der Waals surface area contributed by atoms with Crippen LogP contribution in [0.2, 0.25) is 0 Å². The van der Waals surface area contributed by atoms with Crippen LogP contribution in [-0.4, -0.2) is 53.8 Å². The third-order valence-corrected chi connectivity index (χ3v) is 3.24. The number of ether oxygens (including phenoxy) is 1. The summed E-state index contributed by atoms with van der Waals surface area (Å²) in [5, 5.41) is 23.8. The number of aliphatic hydroxyl groups excluding tert-OH is 2. The number of aliphatic hydroxyl groups is 3. The largest absolute Gasteiger partial charge is 0.391 e. The number of H-pyrrole nitrogens is 1. The van der Waals surface area contributed by atoms with E-state index in [1.54, 1.807) is 17.8 Å². The van der Waals surface area contributed by atoms with Gasteiger partial charge in [-0.2, -0.15) is 0 Å². The minimum Gasteiger partial charge on any atom is -0.391 e. The Balaban J connectivity index is 0.000000497. The molecular weight excluding hydrogens is 280 g/mol. The number of rotatable bonds is 2. The Morgan fingerprint density at radius 2 is 2.19 bits per heavy atom. The lowest BCUT2D eigenvalue weighted by atomic mass is 10.1. The highest BCUT2D eigenvalue weighted by Crippen LogP contribution is 2.31. The second-order valence-corrected chi connectivity index (χ2v) is 4.64. The molecule has 9 nitrogen and oxygen atoms in total. The molecule has 0 aromatic carbocycles. The average Bonchev–Trinajstić information content (AvgIpc) is 3.06. The van der Waals surface area contributed by atoms with Crippen LogP contribution < -0.4 is 5.56 Å². The summed E-state index contributed by atoms with van der Waals surface area (Å²) in [5.41, 5.74) is 0.556. The first kappa shape index (κ1) is 15.6. The van der Waals surface area contributed by atoms with Gasteiger partial charge in [0.05, 0.1) is 24.9 Å². The number of nitrogens with zero attached hydrogens (tertiary/aromatic N) is 3. The highest BCUT2D eigenvalue weighted by Gasteiger charge is 2.30. The van der Waals surface area contributed by atoms with Gasteiger partial charge in [-0.05, 0) is 19.8 Å². The SMILES string of the molecule is CC(O)C1CCC(n2cnc3c(=O)[nH]cnc32)O1.OCO. The molecule has 1 aliphatic heterocycles. The molecule has 0 spiro atoms. The lowest BCUT2D eigenvalue weighted by molar-refractivity contribution is -0.0515. The Hall–Kier alpha value is -1.81. The average molecular weight is 298 g/mol. The van der Waals surface area contributed by atoms with Crippen LogP contribution in [0, 0.1) is 0 Å². The van der Waals surface area contributed by atoms with E-state index in [9.17, 15) is 9.90 Å². The molecular formula is C12H18N4O5. The van der Waals surface area contributed by atoms with Crippen molar-refractivity contribution in [2.75, 3.05) is 6.79 Å². The van der Waals surface area contributed by atoms with E-state index in [4.69, 9.17) is 14.9 Å². The Bertz CT molecular complexity index is 638. The van der Waals surface area contributed by atoms with Gasteiger partial charge in [0.2, 0.25) is 0 Å². The van der Waals surface area contributed by atoms with E-state index in [0.29, 0.717) is 11.2 Å². The molecule has 4 N–H and O–H groups in total. The summed E-state index contributed by atoms with van der Waals surface area (Å²) in [4.78, 5) is 22.2. The van der Waals surface area contributed by atoms with Crippen molar-refractivity contribution in [1.82, 2.24) is 19.5 Å². The second kappa shape index (κ2) is 6.76. The first-order valence-corrected chi connectivity index (χ1v) is 6.54. The van der Waals surface area contributed by atoms with Gasteiger partial charge in [-0.3, -0.25) is 9.36 Å². The van der Waals surface area contributed by atoms with Crippen molar-refractivity contribution >= 4 is 11.2 Å². The molecule has 9 heteroatoms. The minimum absolute atomic E-state index is 0.172. The summed E-state index contributed by atoms with van der Waals surface area (Å²) in [7, 11) is 0. The number of aromatic amines is 1. The monoisotopic (exact) mass is 298 g/mol. The van der Waals surface area contributed by atoms with Crippen LogP contribution in [-0.2, 0) is 4.74 Å². The maximum absolute atomic E-state index is 11.5. The molecule has 0 aliphatic carbocycles. The molecule has 0 saturated carbocycles. The van der Waals surface area contributed by atoms with Gasteiger partial charge in [0.1, 0.15) is 13.0 Å². The van der Waals surface area contributed by atoms with Gasteiger partial charge < -0.3 is 25.0 Å². The van der Waals surface area contributed by atoms with E-state index in [-0.39, 0.29) is 17.9 Å². The Morgan fingerprint density at radius 1 is 1.48 bits per heavy atom. The zero-order chi connectivity index (χ0) is 15.4. The fourth-order valence-corrected chi connectivity index (χ4v) is 2.28. The molecule has 1 fully saturated rings. The van der Waals surface area contributed by atoms with Crippen molar-refractivity contribution in [1.29, 1.82) is 0 Å². The summed E-state index contributed by atoms with van der Waals surface area (Å²) in [5.74, 6) is 0. The van der Waals surface area contributed by atoms with Crippen molar-refractivity contribution in [2.24, 2.45) is 0 Å². The lowest BCUT2D eigenvalue weighted by Crippen LogP contribution is -2.22. The molecule has 2 aromatic heterocycles. The van der Waals surface area contributed by atoms with Gasteiger partial charge >= 0.3 is 0 Å². The molecule has 3 heterocycles. The fourth-order valence-electron chi connectivity index (χ4n) is 2.28. The maximum atomic E-state index is 11.5. The van der Waals surface area contributed by atoms with Crippen LogP contribution in [0.5, 0.6) is 0 Å². The second-order valence-electron chi connectivity index (χ2n) is 4.64. The van der Waals surface area contributed by atoms with Crippen LogP contribution in [0.4, 0.5) is 0 Å². The zero-order valence-corrected chi connectivity index (χ0v) is 11.5. The smallest absolute Gasteiger partial charge is 0.278 e. The highest BCUT2D eigenvalue weighted by molar-refractivity contribution is 5.68. The number of hydrogen-bond donors (Lipinski definition) is 4.